The Morgan fingerprint density at radius 3 is 2.24 bits per heavy atom. The van der Waals surface area contributed by atoms with Crippen LogP contribution in [-0.2, 0) is 0 Å². The van der Waals surface area contributed by atoms with Crippen molar-refractivity contribution in [1.29, 1.82) is 0 Å². The number of amides is 3. The van der Waals surface area contributed by atoms with Gasteiger partial charge in [0.05, 0.1) is 4.92 Å². The fourth-order valence-corrected chi connectivity index (χ4v) is 2.14. The van der Waals surface area contributed by atoms with Crippen LogP contribution in [0.15, 0.2) is 30.3 Å². The zero-order valence-electron chi connectivity index (χ0n) is 13.2. The summed E-state index contributed by atoms with van der Waals surface area (Å²) in [6, 6.07) is 4.37. The Labute approximate surface area is 140 Å². The Balaban J connectivity index is 2.25. The number of anilines is 1. The summed E-state index contributed by atoms with van der Waals surface area (Å²) < 4.78 is 27.1. The van der Waals surface area contributed by atoms with E-state index in [-0.39, 0.29) is 11.4 Å². The molecule has 0 saturated carbocycles. The van der Waals surface area contributed by atoms with Gasteiger partial charge in [-0.15, -0.1) is 0 Å². The number of hydrogen-bond donors (Lipinski definition) is 2. The number of benzene rings is 2. The van der Waals surface area contributed by atoms with E-state index in [0.717, 1.165) is 18.2 Å². The van der Waals surface area contributed by atoms with Crippen LogP contribution in [0.5, 0.6) is 0 Å². The molecule has 0 bridgehead atoms. The SMILES string of the molecule is Cc1ccc([N+](=O)[O-])c(NC(=O)NC(=O)c2c(F)cccc2F)c1C. The molecule has 0 radical (unpaired) electrons. The van der Waals surface area contributed by atoms with E-state index in [1.54, 1.807) is 19.2 Å². The molecule has 2 N–H and O–H groups in total. The summed E-state index contributed by atoms with van der Waals surface area (Å²) in [5.74, 6) is -3.58. The highest BCUT2D eigenvalue weighted by Gasteiger charge is 2.22. The molecule has 0 aliphatic rings. The van der Waals surface area contributed by atoms with E-state index in [2.05, 4.69) is 5.32 Å². The number of aryl methyl sites for hydroxylation is 1. The predicted molar refractivity (Wildman–Crippen MR) is 85.4 cm³/mol. The van der Waals surface area contributed by atoms with Crippen molar-refractivity contribution in [2.24, 2.45) is 0 Å². The summed E-state index contributed by atoms with van der Waals surface area (Å²) >= 11 is 0. The van der Waals surface area contributed by atoms with Crippen LogP contribution in [0.4, 0.5) is 25.0 Å². The first-order valence-corrected chi connectivity index (χ1v) is 7.03. The van der Waals surface area contributed by atoms with Crippen molar-refractivity contribution in [1.82, 2.24) is 5.32 Å². The zero-order valence-corrected chi connectivity index (χ0v) is 13.2. The Morgan fingerprint density at radius 2 is 1.68 bits per heavy atom. The molecule has 0 aliphatic heterocycles. The molecule has 0 heterocycles. The third-order valence-corrected chi connectivity index (χ3v) is 3.57. The minimum absolute atomic E-state index is 0.107. The monoisotopic (exact) mass is 349 g/mol. The van der Waals surface area contributed by atoms with E-state index < -0.39 is 34.1 Å². The van der Waals surface area contributed by atoms with Gasteiger partial charge in [-0.1, -0.05) is 12.1 Å². The molecule has 9 heteroatoms. The zero-order chi connectivity index (χ0) is 18.7. The van der Waals surface area contributed by atoms with Crippen LogP contribution < -0.4 is 10.6 Å². The summed E-state index contributed by atoms with van der Waals surface area (Å²) in [6.45, 7) is 3.23. The Kier molecular flexibility index (Phi) is 5.06. The second-order valence-electron chi connectivity index (χ2n) is 5.16. The lowest BCUT2D eigenvalue weighted by molar-refractivity contribution is -0.384. The molecule has 25 heavy (non-hydrogen) atoms. The lowest BCUT2D eigenvalue weighted by Crippen LogP contribution is -2.35. The quantitative estimate of drug-likeness (QED) is 0.654. The van der Waals surface area contributed by atoms with Gasteiger partial charge in [0.15, 0.2) is 0 Å². The van der Waals surface area contributed by atoms with Crippen LogP contribution >= 0.6 is 0 Å². The maximum atomic E-state index is 13.5. The Hall–Kier alpha value is -3.36. The number of hydrogen-bond acceptors (Lipinski definition) is 4. The van der Waals surface area contributed by atoms with Crippen LogP contribution in [0.1, 0.15) is 21.5 Å². The molecular weight excluding hydrogens is 336 g/mol. The highest BCUT2D eigenvalue weighted by Crippen LogP contribution is 2.30. The van der Waals surface area contributed by atoms with Gasteiger partial charge in [-0.3, -0.25) is 20.2 Å². The number of nitro groups is 1. The molecule has 0 spiro atoms. The first kappa shape index (κ1) is 18.0. The van der Waals surface area contributed by atoms with Crippen molar-refractivity contribution < 1.29 is 23.3 Å². The van der Waals surface area contributed by atoms with Crippen molar-refractivity contribution >= 4 is 23.3 Å². The molecule has 7 nitrogen and oxygen atoms in total. The number of carbonyl (C=O) groups excluding carboxylic acids is 2. The first-order chi connectivity index (χ1) is 11.7. The van der Waals surface area contributed by atoms with Gasteiger partial charge < -0.3 is 5.32 Å². The fourth-order valence-electron chi connectivity index (χ4n) is 2.14. The van der Waals surface area contributed by atoms with E-state index in [1.165, 1.54) is 12.1 Å². The molecule has 0 atom stereocenters. The van der Waals surface area contributed by atoms with Crippen LogP contribution in [0.25, 0.3) is 0 Å². The van der Waals surface area contributed by atoms with Crippen molar-refractivity contribution in [3.8, 4) is 0 Å². The number of urea groups is 1. The largest absolute Gasteiger partial charge is 0.326 e. The fraction of sp³-hybridized carbons (Fsp3) is 0.125. The molecule has 0 aromatic heterocycles. The maximum absolute atomic E-state index is 13.5. The van der Waals surface area contributed by atoms with Gasteiger partial charge in [0.1, 0.15) is 22.9 Å². The van der Waals surface area contributed by atoms with Gasteiger partial charge in [-0.25, -0.2) is 13.6 Å². The minimum atomic E-state index is -1.30. The number of nitrogens with zero attached hydrogens (tertiary/aromatic N) is 1. The van der Waals surface area contributed by atoms with Crippen molar-refractivity contribution in [3.05, 3.63) is 68.8 Å². The molecule has 0 fully saturated rings. The Morgan fingerprint density at radius 1 is 1.08 bits per heavy atom. The van der Waals surface area contributed by atoms with Gasteiger partial charge in [0.2, 0.25) is 0 Å². The maximum Gasteiger partial charge on any atom is 0.326 e. The molecule has 2 rings (SSSR count). The lowest BCUT2D eigenvalue weighted by atomic mass is 10.1. The molecule has 130 valence electrons. The van der Waals surface area contributed by atoms with E-state index in [9.17, 15) is 28.5 Å². The second-order valence-corrected chi connectivity index (χ2v) is 5.16. The van der Waals surface area contributed by atoms with E-state index in [1.807, 2.05) is 0 Å². The van der Waals surface area contributed by atoms with Crippen LogP contribution in [0.2, 0.25) is 0 Å². The smallest absolute Gasteiger partial charge is 0.301 e. The van der Waals surface area contributed by atoms with Crippen molar-refractivity contribution in [2.45, 2.75) is 13.8 Å². The number of imide groups is 1. The van der Waals surface area contributed by atoms with Crippen molar-refractivity contribution in [3.63, 3.8) is 0 Å². The summed E-state index contributed by atoms with van der Waals surface area (Å²) in [6.07, 6.45) is 0. The number of carbonyl (C=O) groups is 2. The van der Waals surface area contributed by atoms with Gasteiger partial charge in [-0.05, 0) is 37.1 Å². The van der Waals surface area contributed by atoms with Crippen LogP contribution in [0.3, 0.4) is 0 Å². The van der Waals surface area contributed by atoms with Crippen molar-refractivity contribution in [2.75, 3.05) is 5.32 Å². The summed E-state index contributed by atoms with van der Waals surface area (Å²) in [5, 5.41) is 15.0. The molecule has 2 aromatic carbocycles. The second kappa shape index (κ2) is 7.04. The van der Waals surface area contributed by atoms with Gasteiger partial charge in [-0.2, -0.15) is 0 Å². The van der Waals surface area contributed by atoms with Gasteiger partial charge >= 0.3 is 6.03 Å². The normalized spacial score (nSPS) is 10.2. The molecule has 0 unspecified atom stereocenters. The van der Waals surface area contributed by atoms with Crippen LogP contribution in [0, 0.1) is 35.6 Å². The molecular formula is C16H13F2N3O4. The van der Waals surface area contributed by atoms with Crippen LogP contribution in [-0.4, -0.2) is 16.9 Å². The van der Waals surface area contributed by atoms with Gasteiger partial charge in [0, 0.05) is 6.07 Å². The summed E-state index contributed by atoms with van der Waals surface area (Å²) in [5.41, 5.74) is -0.304. The van der Waals surface area contributed by atoms with E-state index >= 15 is 0 Å². The highest BCUT2D eigenvalue weighted by molar-refractivity contribution is 6.09. The standard InChI is InChI=1S/C16H13F2N3O4/c1-8-6-7-12(21(24)25)14(9(8)2)19-16(23)20-15(22)13-10(17)4-3-5-11(13)18/h3-7H,1-2H3,(H2,19,20,22,23). The molecule has 0 saturated heterocycles. The third-order valence-electron chi connectivity index (χ3n) is 3.57. The molecule has 2 aromatic rings. The predicted octanol–water partition coefficient (Wildman–Crippen LogP) is 3.45. The lowest BCUT2D eigenvalue weighted by Gasteiger charge is -2.12. The summed E-state index contributed by atoms with van der Waals surface area (Å²) in [4.78, 5) is 34.2. The Bertz CT molecular complexity index is 864. The number of nitrogens with one attached hydrogen (secondary N) is 2. The van der Waals surface area contributed by atoms with Gasteiger partial charge in [0.25, 0.3) is 11.6 Å². The van der Waals surface area contributed by atoms with E-state index in [4.69, 9.17) is 0 Å². The third kappa shape index (κ3) is 3.77. The highest BCUT2D eigenvalue weighted by atomic mass is 19.1. The minimum Gasteiger partial charge on any atom is -0.301 e. The summed E-state index contributed by atoms with van der Waals surface area (Å²) in [7, 11) is 0. The molecule has 3 amide bonds. The number of rotatable bonds is 3. The number of nitro benzene ring substituents is 1. The first-order valence-electron chi connectivity index (χ1n) is 7.03. The van der Waals surface area contributed by atoms with E-state index in [0.29, 0.717) is 11.1 Å². The molecule has 0 aliphatic carbocycles. The number of halogens is 2. The average Bonchev–Trinajstić information content (AvgIpc) is 2.51. The average molecular weight is 349 g/mol. The topological polar surface area (TPSA) is 101 Å².